The van der Waals surface area contributed by atoms with E-state index in [4.69, 9.17) is 11.6 Å². The summed E-state index contributed by atoms with van der Waals surface area (Å²) in [6, 6.07) is 6.15. The summed E-state index contributed by atoms with van der Waals surface area (Å²) in [5.41, 5.74) is 3.46. The first-order valence-corrected chi connectivity index (χ1v) is 6.21. The lowest BCUT2D eigenvalue weighted by Crippen LogP contribution is -1.93. The van der Waals surface area contributed by atoms with Gasteiger partial charge in [-0.15, -0.1) is 5.10 Å². The molecule has 0 N–H and O–H groups in total. The standard InChI is InChI=1S/C13H16ClN3/c1-3-17-9-12(15-16-17)6-4-11-5-7-13(14)10(2)8-11/h5,7-9H,3-4,6H2,1-2H3. The van der Waals surface area contributed by atoms with Crippen LogP contribution in [-0.2, 0) is 19.4 Å². The van der Waals surface area contributed by atoms with Crippen molar-refractivity contribution < 1.29 is 0 Å². The minimum Gasteiger partial charge on any atom is -0.253 e. The minimum absolute atomic E-state index is 0.825. The van der Waals surface area contributed by atoms with Gasteiger partial charge in [-0.1, -0.05) is 28.9 Å². The van der Waals surface area contributed by atoms with Crippen molar-refractivity contribution in [2.45, 2.75) is 33.2 Å². The van der Waals surface area contributed by atoms with Crippen LogP contribution in [-0.4, -0.2) is 15.0 Å². The van der Waals surface area contributed by atoms with Gasteiger partial charge in [0, 0.05) is 17.8 Å². The molecule has 0 aliphatic rings. The average molecular weight is 250 g/mol. The molecule has 0 unspecified atom stereocenters. The Balaban J connectivity index is 1.99. The molecule has 3 nitrogen and oxygen atoms in total. The minimum atomic E-state index is 0.825. The molecule has 0 aliphatic carbocycles. The normalized spacial score (nSPS) is 10.8. The molecule has 0 bridgehead atoms. The van der Waals surface area contributed by atoms with Crippen LogP contribution in [0.2, 0.25) is 5.02 Å². The van der Waals surface area contributed by atoms with E-state index in [-0.39, 0.29) is 0 Å². The van der Waals surface area contributed by atoms with Crippen molar-refractivity contribution in [1.82, 2.24) is 15.0 Å². The van der Waals surface area contributed by atoms with Crippen molar-refractivity contribution in [2.75, 3.05) is 0 Å². The van der Waals surface area contributed by atoms with Crippen LogP contribution >= 0.6 is 11.6 Å². The van der Waals surface area contributed by atoms with Crippen molar-refractivity contribution in [3.8, 4) is 0 Å². The molecule has 0 spiro atoms. The molecule has 90 valence electrons. The summed E-state index contributed by atoms with van der Waals surface area (Å²) in [5, 5.41) is 8.98. The fraction of sp³-hybridized carbons (Fsp3) is 0.385. The van der Waals surface area contributed by atoms with Gasteiger partial charge in [0.1, 0.15) is 0 Å². The van der Waals surface area contributed by atoms with Crippen LogP contribution in [0, 0.1) is 6.92 Å². The molecule has 1 aromatic carbocycles. The Bertz CT molecular complexity index is 505. The summed E-state index contributed by atoms with van der Waals surface area (Å²) in [4.78, 5) is 0. The first-order valence-electron chi connectivity index (χ1n) is 5.83. The van der Waals surface area contributed by atoms with Crippen LogP contribution in [0.1, 0.15) is 23.7 Å². The molecule has 0 fully saturated rings. The second-order valence-electron chi connectivity index (χ2n) is 4.15. The van der Waals surface area contributed by atoms with E-state index in [1.54, 1.807) is 0 Å². The van der Waals surface area contributed by atoms with Gasteiger partial charge in [0.15, 0.2) is 0 Å². The third kappa shape index (κ3) is 3.07. The number of halogens is 1. The van der Waals surface area contributed by atoms with E-state index in [0.29, 0.717) is 0 Å². The van der Waals surface area contributed by atoms with Crippen LogP contribution < -0.4 is 0 Å². The van der Waals surface area contributed by atoms with E-state index in [0.717, 1.165) is 35.7 Å². The molecular formula is C13H16ClN3. The SMILES string of the molecule is CCn1cc(CCc2ccc(Cl)c(C)c2)nn1. The van der Waals surface area contributed by atoms with E-state index >= 15 is 0 Å². The molecule has 0 aliphatic heterocycles. The van der Waals surface area contributed by atoms with Crippen molar-refractivity contribution in [3.63, 3.8) is 0 Å². The second-order valence-corrected chi connectivity index (χ2v) is 4.56. The van der Waals surface area contributed by atoms with E-state index in [9.17, 15) is 0 Å². The summed E-state index contributed by atoms with van der Waals surface area (Å²) in [7, 11) is 0. The summed E-state index contributed by atoms with van der Waals surface area (Å²) >= 11 is 5.99. The van der Waals surface area contributed by atoms with Crippen LogP contribution in [0.15, 0.2) is 24.4 Å². The smallest absolute Gasteiger partial charge is 0.0830 e. The Hall–Kier alpha value is -1.35. The van der Waals surface area contributed by atoms with Crippen LogP contribution in [0.4, 0.5) is 0 Å². The molecule has 0 saturated heterocycles. The van der Waals surface area contributed by atoms with Gasteiger partial charge in [-0.25, -0.2) is 0 Å². The van der Waals surface area contributed by atoms with Gasteiger partial charge in [-0.05, 0) is 43.9 Å². The van der Waals surface area contributed by atoms with Gasteiger partial charge in [-0.2, -0.15) is 0 Å². The predicted octanol–water partition coefficient (Wildman–Crippen LogP) is 3.05. The van der Waals surface area contributed by atoms with Gasteiger partial charge >= 0.3 is 0 Å². The van der Waals surface area contributed by atoms with Crippen molar-refractivity contribution >= 4 is 11.6 Å². The molecule has 0 radical (unpaired) electrons. The Labute approximate surface area is 106 Å². The first-order chi connectivity index (χ1) is 8.19. The second kappa shape index (κ2) is 5.32. The van der Waals surface area contributed by atoms with E-state index in [2.05, 4.69) is 29.4 Å². The zero-order valence-corrected chi connectivity index (χ0v) is 10.9. The van der Waals surface area contributed by atoms with E-state index in [1.165, 1.54) is 5.56 Å². The van der Waals surface area contributed by atoms with Crippen LogP contribution in [0.5, 0.6) is 0 Å². The fourth-order valence-electron chi connectivity index (χ4n) is 1.74. The number of hydrogen-bond donors (Lipinski definition) is 0. The highest BCUT2D eigenvalue weighted by Gasteiger charge is 2.02. The summed E-state index contributed by atoms with van der Waals surface area (Å²) in [5.74, 6) is 0. The van der Waals surface area contributed by atoms with Crippen LogP contribution in [0.3, 0.4) is 0 Å². The lowest BCUT2D eigenvalue weighted by Gasteiger charge is -2.02. The van der Waals surface area contributed by atoms with Gasteiger partial charge in [-0.3, -0.25) is 4.68 Å². The Morgan fingerprint density at radius 1 is 1.29 bits per heavy atom. The van der Waals surface area contributed by atoms with Crippen molar-refractivity contribution in [2.24, 2.45) is 0 Å². The molecule has 1 aromatic heterocycles. The van der Waals surface area contributed by atoms with Gasteiger partial charge in [0.2, 0.25) is 0 Å². The zero-order valence-electron chi connectivity index (χ0n) is 10.2. The number of benzene rings is 1. The molecule has 1 heterocycles. The molecule has 0 atom stereocenters. The first kappa shape index (κ1) is 12.1. The third-order valence-electron chi connectivity index (χ3n) is 2.80. The maximum Gasteiger partial charge on any atom is 0.0830 e. The maximum atomic E-state index is 5.99. The van der Waals surface area contributed by atoms with Gasteiger partial charge < -0.3 is 0 Å². The number of rotatable bonds is 4. The van der Waals surface area contributed by atoms with Crippen LogP contribution in [0.25, 0.3) is 0 Å². The number of hydrogen-bond acceptors (Lipinski definition) is 2. The lowest BCUT2D eigenvalue weighted by atomic mass is 10.1. The topological polar surface area (TPSA) is 30.7 Å². The summed E-state index contributed by atoms with van der Waals surface area (Å²) < 4.78 is 1.85. The number of aromatic nitrogens is 3. The Morgan fingerprint density at radius 3 is 2.76 bits per heavy atom. The lowest BCUT2D eigenvalue weighted by molar-refractivity contribution is 0.626. The Morgan fingerprint density at radius 2 is 2.12 bits per heavy atom. The fourth-order valence-corrected chi connectivity index (χ4v) is 1.86. The monoisotopic (exact) mass is 249 g/mol. The summed E-state index contributed by atoms with van der Waals surface area (Å²) in [6.07, 6.45) is 3.89. The van der Waals surface area contributed by atoms with E-state index < -0.39 is 0 Å². The summed E-state index contributed by atoms with van der Waals surface area (Å²) in [6.45, 7) is 4.95. The average Bonchev–Trinajstić information content (AvgIpc) is 2.79. The molecular weight excluding hydrogens is 234 g/mol. The van der Waals surface area contributed by atoms with E-state index in [1.807, 2.05) is 23.9 Å². The molecule has 17 heavy (non-hydrogen) atoms. The number of aryl methyl sites for hydroxylation is 4. The molecule has 2 aromatic rings. The molecule has 0 saturated carbocycles. The molecule has 0 amide bonds. The Kier molecular flexibility index (Phi) is 3.79. The highest BCUT2D eigenvalue weighted by Crippen LogP contribution is 2.17. The highest BCUT2D eigenvalue weighted by molar-refractivity contribution is 6.31. The predicted molar refractivity (Wildman–Crippen MR) is 69.3 cm³/mol. The van der Waals surface area contributed by atoms with Gasteiger partial charge in [0.05, 0.1) is 5.69 Å². The largest absolute Gasteiger partial charge is 0.253 e. The third-order valence-corrected chi connectivity index (χ3v) is 3.23. The maximum absolute atomic E-state index is 5.99. The number of nitrogens with zero attached hydrogens (tertiary/aromatic N) is 3. The van der Waals surface area contributed by atoms with Crippen molar-refractivity contribution in [1.29, 1.82) is 0 Å². The molecule has 2 rings (SSSR count). The van der Waals surface area contributed by atoms with Gasteiger partial charge in [0.25, 0.3) is 0 Å². The van der Waals surface area contributed by atoms with Crippen molar-refractivity contribution in [3.05, 3.63) is 46.2 Å². The zero-order chi connectivity index (χ0) is 12.3. The molecule has 4 heteroatoms. The quantitative estimate of drug-likeness (QED) is 0.834. The highest BCUT2D eigenvalue weighted by atomic mass is 35.5.